The predicted molar refractivity (Wildman–Crippen MR) is 80.6 cm³/mol. The van der Waals surface area contributed by atoms with Crippen molar-refractivity contribution in [2.45, 2.75) is 25.7 Å². The van der Waals surface area contributed by atoms with Gasteiger partial charge < -0.3 is 5.32 Å². The SMILES string of the molecule is Cc1cccc(CC2(c3ccccc3C)CNC2)c1. The van der Waals surface area contributed by atoms with Crippen LogP contribution in [0.5, 0.6) is 0 Å². The van der Waals surface area contributed by atoms with Crippen molar-refractivity contribution in [3.8, 4) is 0 Å². The normalized spacial score (nSPS) is 16.9. The Bertz CT molecular complexity index is 582. The molecule has 19 heavy (non-hydrogen) atoms. The molecule has 3 rings (SSSR count). The molecule has 0 aromatic heterocycles. The van der Waals surface area contributed by atoms with Gasteiger partial charge in [-0.25, -0.2) is 0 Å². The number of aryl methyl sites for hydroxylation is 2. The van der Waals surface area contributed by atoms with Gasteiger partial charge in [0, 0.05) is 18.5 Å². The van der Waals surface area contributed by atoms with Gasteiger partial charge in [-0.2, -0.15) is 0 Å². The fourth-order valence-electron chi connectivity index (χ4n) is 3.22. The zero-order valence-electron chi connectivity index (χ0n) is 11.7. The molecule has 0 atom stereocenters. The number of hydrogen-bond donors (Lipinski definition) is 1. The van der Waals surface area contributed by atoms with Gasteiger partial charge in [-0.1, -0.05) is 54.1 Å². The third kappa shape index (κ3) is 2.31. The van der Waals surface area contributed by atoms with Crippen molar-refractivity contribution in [1.29, 1.82) is 0 Å². The van der Waals surface area contributed by atoms with E-state index in [4.69, 9.17) is 0 Å². The summed E-state index contributed by atoms with van der Waals surface area (Å²) < 4.78 is 0. The molecule has 0 saturated carbocycles. The van der Waals surface area contributed by atoms with E-state index in [-0.39, 0.29) is 0 Å². The van der Waals surface area contributed by atoms with E-state index in [2.05, 4.69) is 67.7 Å². The Hall–Kier alpha value is -1.60. The Balaban J connectivity index is 1.94. The zero-order chi connectivity index (χ0) is 13.3. The first-order valence-electron chi connectivity index (χ1n) is 7.02. The Morgan fingerprint density at radius 1 is 1.00 bits per heavy atom. The molecule has 1 fully saturated rings. The fourth-order valence-corrected chi connectivity index (χ4v) is 3.22. The minimum absolute atomic E-state index is 0.291. The number of benzene rings is 2. The van der Waals surface area contributed by atoms with Gasteiger partial charge in [0.25, 0.3) is 0 Å². The quantitative estimate of drug-likeness (QED) is 0.881. The lowest BCUT2D eigenvalue weighted by Crippen LogP contribution is -2.58. The molecule has 0 amide bonds. The van der Waals surface area contributed by atoms with Crippen LogP contribution in [0.2, 0.25) is 0 Å². The van der Waals surface area contributed by atoms with Crippen LogP contribution in [0.25, 0.3) is 0 Å². The summed E-state index contributed by atoms with van der Waals surface area (Å²) in [6.45, 7) is 6.58. The molecule has 0 bridgehead atoms. The van der Waals surface area contributed by atoms with Crippen LogP contribution in [-0.2, 0) is 11.8 Å². The molecular weight excluding hydrogens is 230 g/mol. The van der Waals surface area contributed by atoms with Crippen LogP contribution in [0.15, 0.2) is 48.5 Å². The Kier molecular flexibility index (Phi) is 3.16. The first-order valence-corrected chi connectivity index (χ1v) is 7.02. The zero-order valence-corrected chi connectivity index (χ0v) is 11.7. The molecule has 1 heteroatoms. The highest BCUT2D eigenvalue weighted by Crippen LogP contribution is 2.34. The summed E-state index contributed by atoms with van der Waals surface area (Å²) in [5.74, 6) is 0. The lowest BCUT2D eigenvalue weighted by molar-refractivity contribution is 0.273. The molecule has 2 aromatic carbocycles. The second-order valence-electron chi connectivity index (χ2n) is 5.86. The van der Waals surface area contributed by atoms with Crippen molar-refractivity contribution in [1.82, 2.24) is 5.32 Å². The van der Waals surface area contributed by atoms with E-state index in [0.717, 1.165) is 19.5 Å². The smallest absolute Gasteiger partial charge is 0.0245 e. The molecule has 1 aliphatic heterocycles. The molecule has 1 nitrogen and oxygen atoms in total. The Morgan fingerprint density at radius 2 is 1.79 bits per heavy atom. The fraction of sp³-hybridized carbons (Fsp3) is 0.333. The predicted octanol–water partition coefficient (Wildman–Crippen LogP) is 3.39. The summed E-state index contributed by atoms with van der Waals surface area (Å²) in [5, 5.41) is 3.46. The largest absolute Gasteiger partial charge is 0.315 e. The molecule has 1 aliphatic rings. The van der Waals surface area contributed by atoms with E-state index in [1.165, 1.54) is 22.3 Å². The molecule has 0 radical (unpaired) electrons. The molecule has 2 aromatic rings. The molecule has 1 heterocycles. The van der Waals surface area contributed by atoms with Gasteiger partial charge in [-0.3, -0.25) is 0 Å². The maximum atomic E-state index is 3.46. The average Bonchev–Trinajstić information content (AvgIpc) is 2.35. The number of nitrogens with one attached hydrogen (secondary N) is 1. The van der Waals surface area contributed by atoms with Crippen molar-refractivity contribution in [3.05, 3.63) is 70.8 Å². The summed E-state index contributed by atoms with van der Waals surface area (Å²) in [5.41, 5.74) is 6.01. The number of rotatable bonds is 3. The molecule has 1 N–H and O–H groups in total. The lowest BCUT2D eigenvalue weighted by Gasteiger charge is -2.44. The van der Waals surface area contributed by atoms with E-state index in [1.54, 1.807) is 0 Å². The lowest BCUT2D eigenvalue weighted by atomic mass is 9.69. The van der Waals surface area contributed by atoms with E-state index in [9.17, 15) is 0 Å². The molecule has 1 saturated heterocycles. The van der Waals surface area contributed by atoms with Gasteiger partial charge in [0.1, 0.15) is 0 Å². The van der Waals surface area contributed by atoms with Crippen LogP contribution in [0.3, 0.4) is 0 Å². The second-order valence-corrected chi connectivity index (χ2v) is 5.86. The van der Waals surface area contributed by atoms with Crippen molar-refractivity contribution in [3.63, 3.8) is 0 Å². The Labute approximate surface area is 115 Å². The molecule has 0 aliphatic carbocycles. The maximum absolute atomic E-state index is 3.46. The average molecular weight is 251 g/mol. The summed E-state index contributed by atoms with van der Waals surface area (Å²) in [7, 11) is 0. The molecular formula is C18H21N. The van der Waals surface area contributed by atoms with Gasteiger partial charge in [0.05, 0.1) is 0 Å². The Morgan fingerprint density at radius 3 is 2.42 bits per heavy atom. The van der Waals surface area contributed by atoms with E-state index >= 15 is 0 Å². The van der Waals surface area contributed by atoms with Gasteiger partial charge in [-0.15, -0.1) is 0 Å². The van der Waals surface area contributed by atoms with Crippen LogP contribution in [0, 0.1) is 13.8 Å². The van der Waals surface area contributed by atoms with Crippen LogP contribution in [-0.4, -0.2) is 13.1 Å². The minimum Gasteiger partial charge on any atom is -0.315 e. The summed E-state index contributed by atoms with van der Waals surface area (Å²) >= 11 is 0. The summed E-state index contributed by atoms with van der Waals surface area (Å²) in [6, 6.07) is 17.7. The van der Waals surface area contributed by atoms with Gasteiger partial charge in [-0.05, 0) is 37.0 Å². The monoisotopic (exact) mass is 251 g/mol. The maximum Gasteiger partial charge on any atom is 0.0245 e. The van der Waals surface area contributed by atoms with Gasteiger partial charge in [0.15, 0.2) is 0 Å². The number of hydrogen-bond acceptors (Lipinski definition) is 1. The third-order valence-electron chi connectivity index (χ3n) is 4.27. The van der Waals surface area contributed by atoms with Crippen molar-refractivity contribution in [2.75, 3.05) is 13.1 Å². The summed E-state index contributed by atoms with van der Waals surface area (Å²) in [6.07, 6.45) is 1.13. The third-order valence-corrected chi connectivity index (χ3v) is 4.27. The first-order chi connectivity index (χ1) is 9.20. The highest BCUT2D eigenvalue weighted by molar-refractivity contribution is 5.39. The van der Waals surface area contributed by atoms with E-state index in [1.807, 2.05) is 0 Å². The second kappa shape index (κ2) is 4.82. The topological polar surface area (TPSA) is 12.0 Å². The molecule has 0 unspecified atom stereocenters. The van der Waals surface area contributed by atoms with Crippen molar-refractivity contribution < 1.29 is 0 Å². The van der Waals surface area contributed by atoms with Gasteiger partial charge >= 0.3 is 0 Å². The highest BCUT2D eigenvalue weighted by Gasteiger charge is 2.39. The van der Waals surface area contributed by atoms with Gasteiger partial charge in [0.2, 0.25) is 0 Å². The summed E-state index contributed by atoms with van der Waals surface area (Å²) in [4.78, 5) is 0. The van der Waals surface area contributed by atoms with Crippen LogP contribution >= 0.6 is 0 Å². The van der Waals surface area contributed by atoms with Crippen LogP contribution in [0.1, 0.15) is 22.3 Å². The standard InChI is InChI=1S/C18H21N/c1-14-6-5-8-16(10-14)11-18(12-19-13-18)17-9-4-3-7-15(17)2/h3-10,19H,11-13H2,1-2H3. The van der Waals surface area contributed by atoms with Crippen LogP contribution < -0.4 is 5.32 Å². The van der Waals surface area contributed by atoms with Crippen molar-refractivity contribution in [2.24, 2.45) is 0 Å². The molecule has 98 valence electrons. The molecule has 0 spiro atoms. The first kappa shape index (κ1) is 12.4. The van der Waals surface area contributed by atoms with E-state index < -0.39 is 0 Å². The minimum atomic E-state index is 0.291. The van der Waals surface area contributed by atoms with Crippen LogP contribution in [0.4, 0.5) is 0 Å². The van der Waals surface area contributed by atoms with Crippen molar-refractivity contribution >= 4 is 0 Å². The highest BCUT2D eigenvalue weighted by atomic mass is 15.0. The van der Waals surface area contributed by atoms with E-state index in [0.29, 0.717) is 5.41 Å².